The van der Waals surface area contributed by atoms with Crippen molar-refractivity contribution in [1.29, 1.82) is 0 Å². The number of fused-ring (bicyclic) bond motifs is 1. The molecule has 0 radical (unpaired) electrons. The number of anilines is 2. The lowest BCUT2D eigenvalue weighted by molar-refractivity contribution is 0.151. The molecule has 1 aliphatic heterocycles. The maximum atomic E-state index is 13.3. The zero-order valence-corrected chi connectivity index (χ0v) is 11.7. The number of alkyl halides is 2. The quantitative estimate of drug-likeness (QED) is 0.815. The summed E-state index contributed by atoms with van der Waals surface area (Å²) < 4.78 is 26.6. The molecule has 0 amide bonds. The summed E-state index contributed by atoms with van der Waals surface area (Å²) in [6.07, 6.45) is 4.79. The number of nitrogen functional groups attached to an aromatic ring is 1. The van der Waals surface area contributed by atoms with E-state index in [-0.39, 0.29) is 5.56 Å². The Labute approximate surface area is 118 Å². The maximum Gasteiger partial charge on any atom is 0.265 e. The minimum Gasteiger partial charge on any atom is -0.399 e. The highest BCUT2D eigenvalue weighted by atomic mass is 19.3. The van der Waals surface area contributed by atoms with Gasteiger partial charge in [0.15, 0.2) is 0 Å². The van der Waals surface area contributed by atoms with Crippen molar-refractivity contribution in [1.82, 2.24) is 0 Å². The van der Waals surface area contributed by atoms with E-state index in [1.165, 1.54) is 31.7 Å². The molecule has 1 aromatic rings. The fraction of sp³-hybridized carbons (Fsp3) is 0.625. The fourth-order valence-corrected chi connectivity index (χ4v) is 3.93. The molecule has 2 N–H and O–H groups in total. The van der Waals surface area contributed by atoms with Gasteiger partial charge >= 0.3 is 0 Å². The van der Waals surface area contributed by atoms with E-state index in [1.54, 1.807) is 12.1 Å². The van der Waals surface area contributed by atoms with E-state index in [9.17, 15) is 8.78 Å². The summed E-state index contributed by atoms with van der Waals surface area (Å²) in [6.45, 7) is 0.894. The second-order valence-corrected chi connectivity index (χ2v) is 6.07. The number of nitrogens with zero attached hydrogens (tertiary/aromatic N) is 1. The van der Waals surface area contributed by atoms with Crippen molar-refractivity contribution in [3.8, 4) is 0 Å². The van der Waals surface area contributed by atoms with Crippen LogP contribution in [-0.2, 0) is 0 Å². The lowest BCUT2D eigenvalue weighted by Gasteiger charge is -2.46. The van der Waals surface area contributed by atoms with Crippen molar-refractivity contribution in [2.75, 3.05) is 17.2 Å². The lowest BCUT2D eigenvalue weighted by Crippen LogP contribution is -2.47. The molecule has 1 aromatic carbocycles. The van der Waals surface area contributed by atoms with Crippen molar-refractivity contribution >= 4 is 11.4 Å². The SMILES string of the molecule is Nc1ccc(N2CCCC3CCCCC32)c(C(F)F)c1. The number of benzene rings is 1. The summed E-state index contributed by atoms with van der Waals surface area (Å²) in [5.41, 5.74) is 6.89. The molecule has 1 saturated heterocycles. The molecule has 1 heterocycles. The van der Waals surface area contributed by atoms with Gasteiger partial charge in [0.1, 0.15) is 0 Å². The fourth-order valence-electron chi connectivity index (χ4n) is 3.93. The third-order valence-corrected chi connectivity index (χ3v) is 4.84. The van der Waals surface area contributed by atoms with Gasteiger partial charge in [0.05, 0.1) is 0 Å². The summed E-state index contributed by atoms with van der Waals surface area (Å²) in [5.74, 6) is 0.681. The third kappa shape index (κ3) is 2.48. The van der Waals surface area contributed by atoms with Gasteiger partial charge in [-0.05, 0) is 49.8 Å². The smallest absolute Gasteiger partial charge is 0.265 e. The summed E-state index contributed by atoms with van der Waals surface area (Å²) in [5, 5.41) is 0. The highest BCUT2D eigenvalue weighted by Gasteiger charge is 2.34. The molecule has 110 valence electrons. The number of piperidine rings is 1. The van der Waals surface area contributed by atoms with Crippen LogP contribution in [-0.4, -0.2) is 12.6 Å². The van der Waals surface area contributed by atoms with Crippen LogP contribution in [0.5, 0.6) is 0 Å². The van der Waals surface area contributed by atoms with Crippen molar-refractivity contribution in [3.63, 3.8) is 0 Å². The van der Waals surface area contributed by atoms with Gasteiger partial charge in [0.2, 0.25) is 0 Å². The molecule has 20 heavy (non-hydrogen) atoms. The van der Waals surface area contributed by atoms with Crippen LogP contribution in [0.4, 0.5) is 20.2 Å². The molecule has 0 bridgehead atoms. The van der Waals surface area contributed by atoms with Crippen molar-refractivity contribution < 1.29 is 8.78 Å². The molecular weight excluding hydrogens is 258 g/mol. The van der Waals surface area contributed by atoms with Gasteiger partial charge < -0.3 is 10.6 Å². The van der Waals surface area contributed by atoms with Crippen LogP contribution in [0, 0.1) is 5.92 Å². The Morgan fingerprint density at radius 3 is 2.65 bits per heavy atom. The molecule has 0 spiro atoms. The second-order valence-electron chi connectivity index (χ2n) is 6.07. The molecule has 4 heteroatoms. The topological polar surface area (TPSA) is 29.3 Å². The number of hydrogen-bond acceptors (Lipinski definition) is 2. The monoisotopic (exact) mass is 280 g/mol. The third-order valence-electron chi connectivity index (χ3n) is 4.84. The lowest BCUT2D eigenvalue weighted by atomic mass is 9.78. The van der Waals surface area contributed by atoms with Gasteiger partial charge in [0.25, 0.3) is 6.43 Å². The molecular formula is C16H22F2N2. The van der Waals surface area contributed by atoms with Gasteiger partial charge in [-0.1, -0.05) is 12.8 Å². The highest BCUT2D eigenvalue weighted by molar-refractivity contribution is 5.61. The molecule has 3 rings (SSSR count). The van der Waals surface area contributed by atoms with E-state index < -0.39 is 6.43 Å². The Morgan fingerprint density at radius 2 is 1.85 bits per heavy atom. The summed E-state index contributed by atoms with van der Waals surface area (Å²) in [7, 11) is 0. The highest BCUT2D eigenvalue weighted by Crippen LogP contribution is 2.41. The summed E-state index contributed by atoms with van der Waals surface area (Å²) in [4.78, 5) is 2.23. The first-order valence-corrected chi connectivity index (χ1v) is 7.61. The molecule has 2 aliphatic rings. The van der Waals surface area contributed by atoms with Crippen LogP contribution < -0.4 is 10.6 Å². The van der Waals surface area contributed by atoms with E-state index in [0.717, 1.165) is 19.4 Å². The Kier molecular flexibility index (Phi) is 3.81. The first kappa shape index (κ1) is 13.7. The van der Waals surface area contributed by atoms with Crippen molar-refractivity contribution in [2.24, 2.45) is 5.92 Å². The zero-order chi connectivity index (χ0) is 14.1. The zero-order valence-electron chi connectivity index (χ0n) is 11.7. The van der Waals surface area contributed by atoms with Crippen LogP contribution in [0.1, 0.15) is 50.5 Å². The van der Waals surface area contributed by atoms with Crippen molar-refractivity contribution in [3.05, 3.63) is 23.8 Å². The average molecular weight is 280 g/mol. The molecule has 2 unspecified atom stereocenters. The standard InChI is InChI=1S/C16H22F2N2/c17-16(18)13-10-12(19)7-8-15(13)20-9-3-5-11-4-1-2-6-14(11)20/h7-8,10-11,14,16H,1-6,9,19H2. The van der Waals surface area contributed by atoms with Gasteiger partial charge in [-0.3, -0.25) is 0 Å². The summed E-state index contributed by atoms with van der Waals surface area (Å²) in [6, 6.07) is 5.41. The molecule has 2 atom stereocenters. The average Bonchev–Trinajstić information content (AvgIpc) is 2.46. The first-order valence-electron chi connectivity index (χ1n) is 7.61. The van der Waals surface area contributed by atoms with Crippen LogP contribution in [0.2, 0.25) is 0 Å². The van der Waals surface area contributed by atoms with Crippen LogP contribution in [0.25, 0.3) is 0 Å². The molecule has 2 nitrogen and oxygen atoms in total. The molecule has 1 aliphatic carbocycles. The van der Waals surface area contributed by atoms with E-state index in [1.807, 2.05) is 0 Å². The Hall–Kier alpha value is -1.32. The van der Waals surface area contributed by atoms with E-state index >= 15 is 0 Å². The number of hydrogen-bond donors (Lipinski definition) is 1. The largest absolute Gasteiger partial charge is 0.399 e. The number of rotatable bonds is 2. The van der Waals surface area contributed by atoms with E-state index in [0.29, 0.717) is 23.3 Å². The molecule has 2 fully saturated rings. The van der Waals surface area contributed by atoms with E-state index in [4.69, 9.17) is 5.73 Å². The Balaban J connectivity index is 1.94. The van der Waals surface area contributed by atoms with Crippen LogP contribution >= 0.6 is 0 Å². The van der Waals surface area contributed by atoms with Gasteiger partial charge in [-0.25, -0.2) is 8.78 Å². The van der Waals surface area contributed by atoms with Crippen LogP contribution in [0.15, 0.2) is 18.2 Å². The summed E-state index contributed by atoms with van der Waals surface area (Å²) >= 11 is 0. The predicted molar refractivity (Wildman–Crippen MR) is 78.1 cm³/mol. The van der Waals surface area contributed by atoms with Crippen LogP contribution in [0.3, 0.4) is 0 Å². The predicted octanol–water partition coefficient (Wildman–Crippen LogP) is 4.37. The second kappa shape index (κ2) is 5.58. The van der Waals surface area contributed by atoms with Crippen molar-refractivity contribution in [2.45, 2.75) is 51.0 Å². The minimum atomic E-state index is -2.46. The van der Waals surface area contributed by atoms with E-state index in [2.05, 4.69) is 4.90 Å². The number of nitrogens with two attached hydrogens (primary N) is 1. The van der Waals surface area contributed by atoms with Gasteiger partial charge in [0, 0.05) is 29.5 Å². The van der Waals surface area contributed by atoms with Gasteiger partial charge in [-0.2, -0.15) is 0 Å². The van der Waals surface area contributed by atoms with Gasteiger partial charge in [-0.15, -0.1) is 0 Å². The Bertz CT molecular complexity index is 474. The normalized spacial score (nSPS) is 26.6. The number of halogens is 2. The first-order chi connectivity index (χ1) is 9.66. The maximum absolute atomic E-state index is 13.3. The Morgan fingerprint density at radius 1 is 1.10 bits per heavy atom. The minimum absolute atomic E-state index is 0.0937. The molecule has 0 aromatic heterocycles. The molecule has 1 saturated carbocycles.